The van der Waals surface area contributed by atoms with Crippen LogP contribution < -0.4 is 0 Å². The molecule has 1 heterocycles. The van der Waals surface area contributed by atoms with Crippen LogP contribution in [-0.4, -0.2) is 65.8 Å². The zero-order valence-corrected chi connectivity index (χ0v) is 10.4. The Balaban J connectivity index is 2.33. The van der Waals surface area contributed by atoms with Gasteiger partial charge in [0.05, 0.1) is 6.10 Å². The number of halogens is 3. The minimum atomic E-state index is -4.44. The minimum absolute atomic E-state index is 0.297. The number of rotatable bonds is 4. The van der Waals surface area contributed by atoms with Crippen LogP contribution >= 0.6 is 0 Å². The lowest BCUT2D eigenvalue weighted by atomic mass is 10.2. The third kappa shape index (κ3) is 5.22. The Bertz CT molecular complexity index is 276. The van der Waals surface area contributed by atoms with Gasteiger partial charge in [0, 0.05) is 32.7 Å². The van der Waals surface area contributed by atoms with Crippen LogP contribution in [0.4, 0.5) is 13.2 Å². The van der Waals surface area contributed by atoms with E-state index in [0.29, 0.717) is 39.1 Å². The first kappa shape index (κ1) is 15.2. The third-order valence-corrected chi connectivity index (χ3v) is 3.02. The molecule has 1 fully saturated rings. The van der Waals surface area contributed by atoms with Gasteiger partial charge >= 0.3 is 6.18 Å². The average Bonchev–Trinajstić information content (AvgIpc) is 2.27. The van der Waals surface area contributed by atoms with E-state index in [1.54, 1.807) is 0 Å². The van der Waals surface area contributed by atoms with Crippen molar-refractivity contribution in [1.82, 2.24) is 9.80 Å². The molecular formula is C11H19F3N2O2. The fraction of sp³-hybridized carbons (Fsp3) is 0.909. The number of hydrogen-bond donors (Lipinski definition) is 1. The van der Waals surface area contributed by atoms with E-state index in [1.807, 2.05) is 11.8 Å². The summed E-state index contributed by atoms with van der Waals surface area (Å²) in [4.78, 5) is 14.5. The summed E-state index contributed by atoms with van der Waals surface area (Å²) >= 11 is 0. The summed E-state index contributed by atoms with van der Waals surface area (Å²) in [7, 11) is 0. The van der Waals surface area contributed by atoms with Gasteiger partial charge in [0.15, 0.2) is 0 Å². The summed E-state index contributed by atoms with van der Waals surface area (Å²) in [6, 6.07) is 0. The first-order chi connectivity index (χ1) is 8.31. The van der Waals surface area contributed by atoms with Crippen LogP contribution in [-0.2, 0) is 4.79 Å². The molecule has 106 valence electrons. The number of aliphatic hydroxyl groups is 1. The van der Waals surface area contributed by atoms with E-state index >= 15 is 0 Å². The predicted molar refractivity (Wildman–Crippen MR) is 60.0 cm³/mol. The highest BCUT2D eigenvalue weighted by Crippen LogP contribution is 2.21. The average molecular weight is 268 g/mol. The van der Waals surface area contributed by atoms with Crippen LogP contribution in [0.3, 0.4) is 0 Å². The lowest BCUT2D eigenvalue weighted by molar-refractivity contribution is -0.162. The van der Waals surface area contributed by atoms with Crippen molar-refractivity contribution < 1.29 is 23.1 Å². The van der Waals surface area contributed by atoms with Crippen LogP contribution in [0.2, 0.25) is 0 Å². The normalized spacial score (nSPS) is 19.9. The maximum Gasteiger partial charge on any atom is 0.397 e. The van der Waals surface area contributed by atoms with E-state index in [2.05, 4.69) is 0 Å². The van der Waals surface area contributed by atoms with E-state index in [0.717, 1.165) is 0 Å². The number of carbonyl (C=O) groups is 1. The van der Waals surface area contributed by atoms with Gasteiger partial charge < -0.3 is 10.0 Å². The van der Waals surface area contributed by atoms with Gasteiger partial charge in [-0.2, -0.15) is 13.2 Å². The van der Waals surface area contributed by atoms with Gasteiger partial charge in [-0.05, 0) is 6.42 Å². The van der Waals surface area contributed by atoms with Gasteiger partial charge in [-0.15, -0.1) is 0 Å². The minimum Gasteiger partial charge on any atom is -0.392 e. The summed E-state index contributed by atoms with van der Waals surface area (Å²) in [5, 5.41) is 9.47. The number of hydrogen-bond acceptors (Lipinski definition) is 3. The Morgan fingerprint density at radius 2 is 1.83 bits per heavy atom. The second kappa shape index (κ2) is 6.38. The van der Waals surface area contributed by atoms with Crippen LogP contribution in [0, 0.1) is 0 Å². The molecule has 1 aliphatic rings. The van der Waals surface area contributed by atoms with Crippen molar-refractivity contribution in [3.63, 3.8) is 0 Å². The molecule has 4 nitrogen and oxygen atoms in total. The summed E-state index contributed by atoms with van der Waals surface area (Å²) in [5.74, 6) is -0.863. The molecule has 0 saturated carbocycles. The monoisotopic (exact) mass is 268 g/mol. The van der Waals surface area contributed by atoms with E-state index in [-0.39, 0.29) is 0 Å². The zero-order valence-electron chi connectivity index (χ0n) is 10.4. The first-order valence-electron chi connectivity index (χ1n) is 6.06. The molecule has 1 rings (SSSR count). The van der Waals surface area contributed by atoms with Crippen molar-refractivity contribution in [3.05, 3.63) is 0 Å². The number of nitrogens with zero attached hydrogens (tertiary/aromatic N) is 2. The summed E-state index contributed by atoms with van der Waals surface area (Å²) < 4.78 is 36.2. The fourth-order valence-corrected chi connectivity index (χ4v) is 1.89. The quantitative estimate of drug-likeness (QED) is 0.822. The Morgan fingerprint density at radius 3 is 2.28 bits per heavy atom. The van der Waals surface area contributed by atoms with Crippen molar-refractivity contribution in [2.75, 3.05) is 32.7 Å². The molecule has 18 heavy (non-hydrogen) atoms. The lowest BCUT2D eigenvalue weighted by Crippen LogP contribution is -2.50. The molecule has 0 bridgehead atoms. The van der Waals surface area contributed by atoms with E-state index in [4.69, 9.17) is 0 Å². The molecule has 0 aromatic rings. The molecule has 7 heteroatoms. The van der Waals surface area contributed by atoms with Gasteiger partial charge in [0.2, 0.25) is 5.91 Å². The number of amides is 1. The van der Waals surface area contributed by atoms with Crippen molar-refractivity contribution >= 4 is 5.91 Å². The predicted octanol–water partition coefficient (Wildman–Crippen LogP) is 0.854. The second-order valence-corrected chi connectivity index (χ2v) is 4.54. The number of piperazine rings is 1. The maximum absolute atomic E-state index is 12.1. The zero-order chi connectivity index (χ0) is 13.8. The number of aliphatic hydroxyl groups excluding tert-OH is 1. The molecule has 0 aliphatic carbocycles. The molecule has 1 amide bonds. The van der Waals surface area contributed by atoms with E-state index in [1.165, 1.54) is 4.90 Å². The van der Waals surface area contributed by atoms with Crippen LogP contribution in [0.5, 0.6) is 0 Å². The van der Waals surface area contributed by atoms with Gasteiger partial charge in [0.25, 0.3) is 0 Å². The number of alkyl halides is 3. The van der Waals surface area contributed by atoms with Gasteiger partial charge in [0.1, 0.15) is 6.42 Å². The summed E-state index contributed by atoms with van der Waals surface area (Å²) in [5.41, 5.74) is 0. The molecule has 1 saturated heterocycles. The molecule has 1 N–H and O–H groups in total. The van der Waals surface area contributed by atoms with Crippen LogP contribution in [0.15, 0.2) is 0 Å². The highest BCUT2D eigenvalue weighted by Gasteiger charge is 2.34. The number of carbonyl (C=O) groups excluding carboxylic acids is 1. The Hall–Kier alpha value is -0.820. The summed E-state index contributed by atoms with van der Waals surface area (Å²) in [6.07, 6.45) is -5.59. The fourth-order valence-electron chi connectivity index (χ4n) is 1.89. The van der Waals surface area contributed by atoms with E-state index in [9.17, 15) is 23.1 Å². The van der Waals surface area contributed by atoms with Crippen molar-refractivity contribution in [2.24, 2.45) is 0 Å². The van der Waals surface area contributed by atoms with Crippen molar-refractivity contribution in [1.29, 1.82) is 0 Å². The smallest absolute Gasteiger partial charge is 0.392 e. The molecule has 0 unspecified atom stereocenters. The highest BCUT2D eigenvalue weighted by atomic mass is 19.4. The molecule has 0 aromatic carbocycles. The van der Waals surface area contributed by atoms with Gasteiger partial charge in [-0.1, -0.05) is 6.92 Å². The third-order valence-electron chi connectivity index (χ3n) is 3.02. The van der Waals surface area contributed by atoms with Gasteiger partial charge in [-0.25, -0.2) is 0 Å². The van der Waals surface area contributed by atoms with Crippen LogP contribution in [0.25, 0.3) is 0 Å². The first-order valence-corrected chi connectivity index (χ1v) is 6.06. The molecule has 1 atom stereocenters. The Kier molecular flexibility index (Phi) is 5.40. The Morgan fingerprint density at radius 1 is 1.28 bits per heavy atom. The topological polar surface area (TPSA) is 43.8 Å². The molecule has 0 aromatic heterocycles. The molecular weight excluding hydrogens is 249 g/mol. The van der Waals surface area contributed by atoms with Gasteiger partial charge in [-0.3, -0.25) is 9.69 Å². The Labute approximate surface area is 104 Å². The van der Waals surface area contributed by atoms with E-state index < -0.39 is 24.6 Å². The largest absolute Gasteiger partial charge is 0.397 e. The standard InChI is InChI=1S/C11H19F3N2O2/c1-2-9(17)8-15-3-5-16(6-4-15)10(18)7-11(12,13)14/h9,17H,2-8H2,1H3/t9-/m1/s1. The SMILES string of the molecule is CC[C@@H](O)CN1CCN(C(=O)CC(F)(F)F)CC1. The second-order valence-electron chi connectivity index (χ2n) is 4.54. The molecule has 1 aliphatic heterocycles. The molecule has 0 spiro atoms. The molecule has 0 radical (unpaired) electrons. The maximum atomic E-state index is 12.1. The lowest BCUT2D eigenvalue weighted by Gasteiger charge is -2.35. The van der Waals surface area contributed by atoms with Crippen molar-refractivity contribution in [2.45, 2.75) is 32.0 Å². The highest BCUT2D eigenvalue weighted by molar-refractivity contribution is 5.76. The van der Waals surface area contributed by atoms with Crippen LogP contribution in [0.1, 0.15) is 19.8 Å². The van der Waals surface area contributed by atoms with Crippen molar-refractivity contribution in [3.8, 4) is 0 Å². The number of β-amino-alcohol motifs (C(OH)–C–C–N with tert-alkyl or cyclic N) is 1. The summed E-state index contributed by atoms with van der Waals surface area (Å²) in [6.45, 7) is 4.00.